The number of hydrogen-bond acceptors (Lipinski definition) is 6. The second-order valence-corrected chi connectivity index (χ2v) is 12.9. The number of fused-ring (bicyclic) bond motifs is 5. The minimum absolute atomic E-state index is 0.00321. The van der Waals surface area contributed by atoms with E-state index in [2.05, 4.69) is 27.7 Å². The van der Waals surface area contributed by atoms with E-state index in [1.165, 1.54) is 12.8 Å². The average Bonchev–Trinajstić information content (AvgIpc) is 3.04. The Hall–Kier alpha value is -0.500. The Morgan fingerprint density at radius 1 is 0.909 bits per heavy atom. The normalized spacial score (nSPS) is 52.7. The van der Waals surface area contributed by atoms with E-state index >= 15 is 0 Å². The summed E-state index contributed by atoms with van der Waals surface area (Å²) in [5.41, 5.74) is -4.55. The van der Waals surface area contributed by atoms with Crippen molar-refractivity contribution >= 4 is 0 Å². The number of aliphatic hydroxyl groups excluding tert-OH is 4. The molecule has 0 radical (unpaired) electrons. The van der Waals surface area contributed by atoms with Gasteiger partial charge < -0.3 is 30.6 Å². The van der Waals surface area contributed by atoms with Gasteiger partial charge in [0.05, 0.1) is 18.3 Å². The molecule has 0 saturated heterocycles. The first kappa shape index (κ1) is 25.6. The third-order valence-electron chi connectivity index (χ3n) is 10.7. The minimum Gasteiger partial charge on any atom is -0.390 e. The van der Waals surface area contributed by atoms with Gasteiger partial charge in [0.1, 0.15) is 17.3 Å². The molecule has 0 aliphatic heterocycles. The van der Waals surface area contributed by atoms with Gasteiger partial charge in [-0.15, -0.1) is 0 Å². The molecule has 3 fully saturated rings. The van der Waals surface area contributed by atoms with Crippen molar-refractivity contribution in [2.45, 2.75) is 122 Å². The first-order valence-corrected chi connectivity index (χ1v) is 13.1. The third-order valence-corrected chi connectivity index (χ3v) is 10.7. The first-order chi connectivity index (χ1) is 15.2. The van der Waals surface area contributed by atoms with Crippen LogP contribution in [-0.2, 0) is 0 Å². The van der Waals surface area contributed by atoms with Crippen molar-refractivity contribution in [3.63, 3.8) is 0 Å². The molecule has 0 aromatic rings. The molecule has 6 heteroatoms. The number of hydrogen-bond donors (Lipinski definition) is 6. The number of aliphatic hydroxyl groups is 6. The van der Waals surface area contributed by atoms with Gasteiger partial charge in [-0.1, -0.05) is 60.0 Å². The van der Waals surface area contributed by atoms with E-state index in [1.807, 2.05) is 0 Å². The summed E-state index contributed by atoms with van der Waals surface area (Å²) in [4.78, 5) is 0. The zero-order chi connectivity index (χ0) is 24.6. The highest BCUT2D eigenvalue weighted by molar-refractivity contribution is 5.42. The van der Waals surface area contributed by atoms with Crippen LogP contribution < -0.4 is 0 Å². The maximum absolute atomic E-state index is 12.2. The molecule has 0 heterocycles. The highest BCUT2D eigenvalue weighted by Gasteiger charge is 2.74. The lowest BCUT2D eigenvalue weighted by Gasteiger charge is -2.67. The summed E-state index contributed by atoms with van der Waals surface area (Å²) >= 11 is 0. The molecule has 0 bridgehead atoms. The maximum atomic E-state index is 12.2. The summed E-state index contributed by atoms with van der Waals surface area (Å²) in [6.07, 6.45) is 2.37. The Morgan fingerprint density at radius 2 is 1.55 bits per heavy atom. The summed E-state index contributed by atoms with van der Waals surface area (Å²) in [5, 5.41) is 67.2. The van der Waals surface area contributed by atoms with Crippen molar-refractivity contribution in [3.05, 3.63) is 11.6 Å². The fourth-order valence-corrected chi connectivity index (χ4v) is 8.66. The van der Waals surface area contributed by atoms with Crippen LogP contribution in [0, 0.1) is 34.5 Å². The van der Waals surface area contributed by atoms with E-state index < -0.39 is 41.0 Å². The predicted molar refractivity (Wildman–Crippen MR) is 126 cm³/mol. The van der Waals surface area contributed by atoms with Crippen LogP contribution in [0.15, 0.2) is 11.6 Å². The van der Waals surface area contributed by atoms with Gasteiger partial charge in [-0.05, 0) is 60.3 Å². The Bertz CT molecular complexity index is 783. The molecule has 6 N–H and O–H groups in total. The van der Waals surface area contributed by atoms with E-state index in [1.54, 1.807) is 13.0 Å². The molecule has 0 spiro atoms. The summed E-state index contributed by atoms with van der Waals surface area (Å²) in [6.45, 7) is 10.7. The minimum atomic E-state index is -1.83. The fourth-order valence-electron chi connectivity index (χ4n) is 8.66. The summed E-state index contributed by atoms with van der Waals surface area (Å²) in [7, 11) is 0. The van der Waals surface area contributed by atoms with Crippen LogP contribution in [0.3, 0.4) is 0 Å². The van der Waals surface area contributed by atoms with Crippen LogP contribution in [0.2, 0.25) is 0 Å². The fraction of sp³-hybridized carbons (Fsp3) is 0.926. The van der Waals surface area contributed by atoms with Crippen LogP contribution in [-0.4, -0.2) is 66.3 Å². The Morgan fingerprint density at radius 3 is 2.18 bits per heavy atom. The van der Waals surface area contributed by atoms with Gasteiger partial charge in [-0.2, -0.15) is 0 Å². The van der Waals surface area contributed by atoms with Crippen molar-refractivity contribution in [2.24, 2.45) is 34.5 Å². The molecule has 2 unspecified atom stereocenters. The molecular formula is C27H46O6. The second kappa shape index (κ2) is 8.28. The zero-order valence-electron chi connectivity index (χ0n) is 21.0. The van der Waals surface area contributed by atoms with Gasteiger partial charge in [0, 0.05) is 11.8 Å². The molecule has 3 saturated carbocycles. The average molecular weight is 467 g/mol. The van der Waals surface area contributed by atoms with Crippen LogP contribution in [0.4, 0.5) is 0 Å². The van der Waals surface area contributed by atoms with Crippen LogP contribution in [0.1, 0.15) is 86.0 Å². The molecule has 11 atom stereocenters. The maximum Gasteiger partial charge on any atom is 0.120 e. The van der Waals surface area contributed by atoms with Crippen molar-refractivity contribution in [1.29, 1.82) is 0 Å². The molecule has 0 aromatic carbocycles. The van der Waals surface area contributed by atoms with Gasteiger partial charge in [0.15, 0.2) is 0 Å². The van der Waals surface area contributed by atoms with Gasteiger partial charge in [-0.3, -0.25) is 0 Å². The van der Waals surface area contributed by atoms with E-state index in [-0.39, 0.29) is 24.2 Å². The molecule has 190 valence electrons. The van der Waals surface area contributed by atoms with Gasteiger partial charge in [0.2, 0.25) is 0 Å². The van der Waals surface area contributed by atoms with Crippen LogP contribution in [0.25, 0.3) is 0 Å². The lowest BCUT2D eigenvalue weighted by Crippen LogP contribution is -2.77. The Balaban J connectivity index is 1.70. The second-order valence-electron chi connectivity index (χ2n) is 12.9. The monoisotopic (exact) mass is 466 g/mol. The SMILES string of the molecule is CC(C)CCC[C@@H](C)C1CCC2C3=C[C@@H](O)[C@@]4(O)C[C@@H](O)[C@H](O)C[C@]4(C)[C@@]3(O)[C@H](O)C[C@@]21C. The lowest BCUT2D eigenvalue weighted by molar-refractivity contribution is -0.295. The van der Waals surface area contributed by atoms with Crippen LogP contribution in [0.5, 0.6) is 0 Å². The van der Waals surface area contributed by atoms with Gasteiger partial charge in [0.25, 0.3) is 0 Å². The van der Waals surface area contributed by atoms with E-state index in [9.17, 15) is 30.6 Å². The molecule has 4 rings (SSSR count). The summed E-state index contributed by atoms with van der Waals surface area (Å²) < 4.78 is 0. The van der Waals surface area contributed by atoms with Crippen molar-refractivity contribution in [2.75, 3.05) is 0 Å². The molecule has 4 aliphatic rings. The lowest BCUT2D eigenvalue weighted by atomic mass is 9.42. The van der Waals surface area contributed by atoms with E-state index in [0.29, 0.717) is 29.7 Å². The standard InChI is InChI=1S/C27H46O6/c1-15(2)7-6-8-16(3)17-9-10-18-19-11-22(30)26(32)13-21(29)20(28)12-25(26,5)27(19,33)23(31)14-24(17,18)4/h11,15-18,20-23,28-33H,6-10,12-14H2,1-5H3/t16-,17?,18?,20-,21-,22-,23-,24-,25+,26+,27+/m1/s1. The molecule has 33 heavy (non-hydrogen) atoms. The largest absolute Gasteiger partial charge is 0.390 e. The quantitative estimate of drug-likeness (QED) is 0.346. The highest BCUT2D eigenvalue weighted by Crippen LogP contribution is 2.69. The zero-order valence-corrected chi connectivity index (χ0v) is 21.0. The Labute approximate surface area is 198 Å². The smallest absolute Gasteiger partial charge is 0.120 e. The van der Waals surface area contributed by atoms with E-state index in [4.69, 9.17) is 0 Å². The summed E-state index contributed by atoms with van der Waals surface area (Å²) in [5.74, 6) is 1.61. The number of rotatable bonds is 5. The predicted octanol–water partition coefficient (Wildman–Crippen LogP) is 2.53. The van der Waals surface area contributed by atoms with Crippen LogP contribution >= 0.6 is 0 Å². The van der Waals surface area contributed by atoms with Gasteiger partial charge >= 0.3 is 0 Å². The topological polar surface area (TPSA) is 121 Å². The highest BCUT2D eigenvalue weighted by atomic mass is 16.4. The van der Waals surface area contributed by atoms with Crippen molar-refractivity contribution < 1.29 is 30.6 Å². The van der Waals surface area contributed by atoms with Crippen molar-refractivity contribution in [3.8, 4) is 0 Å². The summed E-state index contributed by atoms with van der Waals surface area (Å²) in [6, 6.07) is 0. The molecule has 0 amide bonds. The molecule has 6 nitrogen and oxygen atoms in total. The van der Waals surface area contributed by atoms with Crippen molar-refractivity contribution in [1.82, 2.24) is 0 Å². The van der Waals surface area contributed by atoms with Gasteiger partial charge in [-0.25, -0.2) is 0 Å². The molecule has 0 aromatic heterocycles. The molecular weight excluding hydrogens is 420 g/mol. The molecule has 4 aliphatic carbocycles. The Kier molecular flexibility index (Phi) is 6.42. The van der Waals surface area contributed by atoms with E-state index in [0.717, 1.165) is 19.3 Å². The first-order valence-electron chi connectivity index (χ1n) is 13.1. The third kappa shape index (κ3) is 3.42.